The predicted octanol–water partition coefficient (Wildman–Crippen LogP) is 1.64. The van der Waals surface area contributed by atoms with Crippen LogP contribution >= 0.6 is 0 Å². The molecule has 0 N–H and O–H groups in total. The number of carbonyl (C=O) groups excluding carboxylic acids is 1. The molecule has 5 heteroatoms. The molecule has 0 amide bonds. The summed E-state index contributed by atoms with van der Waals surface area (Å²) in [6, 6.07) is 3.47. The second kappa shape index (κ2) is 3.92. The SMILES string of the molecule is COC(=O)c1cccn2c(C(C)C)nnc12. The molecular formula is C11H13N3O2. The van der Waals surface area contributed by atoms with Crippen LogP contribution in [-0.2, 0) is 4.74 Å². The minimum atomic E-state index is -0.395. The minimum Gasteiger partial charge on any atom is -0.465 e. The van der Waals surface area contributed by atoms with Crippen LogP contribution in [-0.4, -0.2) is 27.7 Å². The van der Waals surface area contributed by atoms with E-state index in [1.54, 1.807) is 12.1 Å². The van der Waals surface area contributed by atoms with Crippen molar-refractivity contribution in [2.45, 2.75) is 19.8 Å². The molecule has 2 heterocycles. The van der Waals surface area contributed by atoms with Crippen LogP contribution in [0, 0.1) is 0 Å². The molecule has 0 aromatic carbocycles. The number of aromatic nitrogens is 3. The lowest BCUT2D eigenvalue weighted by atomic mass is 10.2. The van der Waals surface area contributed by atoms with Gasteiger partial charge < -0.3 is 4.74 Å². The van der Waals surface area contributed by atoms with E-state index in [2.05, 4.69) is 10.2 Å². The van der Waals surface area contributed by atoms with Gasteiger partial charge >= 0.3 is 5.97 Å². The summed E-state index contributed by atoms with van der Waals surface area (Å²) < 4.78 is 6.51. The number of esters is 1. The van der Waals surface area contributed by atoms with Crippen molar-refractivity contribution >= 4 is 11.6 Å². The maximum atomic E-state index is 11.5. The molecule has 0 aliphatic heterocycles. The van der Waals surface area contributed by atoms with Crippen LogP contribution in [0.5, 0.6) is 0 Å². The van der Waals surface area contributed by atoms with E-state index in [-0.39, 0.29) is 5.92 Å². The predicted molar refractivity (Wildman–Crippen MR) is 58.4 cm³/mol. The van der Waals surface area contributed by atoms with Crippen LogP contribution in [0.3, 0.4) is 0 Å². The van der Waals surface area contributed by atoms with E-state index in [4.69, 9.17) is 4.74 Å². The Bertz CT molecular complexity index is 531. The summed E-state index contributed by atoms with van der Waals surface area (Å²) >= 11 is 0. The Labute approximate surface area is 93.1 Å². The Balaban J connectivity index is 2.66. The van der Waals surface area contributed by atoms with Gasteiger partial charge in [-0.1, -0.05) is 13.8 Å². The molecule has 0 radical (unpaired) electrons. The maximum absolute atomic E-state index is 11.5. The molecule has 84 valence electrons. The number of hydrogen-bond donors (Lipinski definition) is 0. The first-order valence-electron chi connectivity index (χ1n) is 5.07. The Morgan fingerprint density at radius 1 is 1.44 bits per heavy atom. The molecule has 5 nitrogen and oxygen atoms in total. The summed E-state index contributed by atoms with van der Waals surface area (Å²) in [4.78, 5) is 11.5. The summed E-state index contributed by atoms with van der Waals surface area (Å²) in [7, 11) is 1.35. The van der Waals surface area contributed by atoms with E-state index in [1.807, 2.05) is 24.4 Å². The van der Waals surface area contributed by atoms with Gasteiger partial charge in [-0.05, 0) is 12.1 Å². The van der Waals surface area contributed by atoms with Gasteiger partial charge in [-0.15, -0.1) is 10.2 Å². The van der Waals surface area contributed by atoms with Crippen LogP contribution in [0.1, 0.15) is 35.9 Å². The second-order valence-electron chi connectivity index (χ2n) is 3.82. The minimum absolute atomic E-state index is 0.253. The third kappa shape index (κ3) is 1.54. The van der Waals surface area contributed by atoms with E-state index >= 15 is 0 Å². The molecule has 2 rings (SSSR count). The number of ether oxygens (including phenoxy) is 1. The summed E-state index contributed by atoms with van der Waals surface area (Å²) in [5.74, 6) is 0.692. The van der Waals surface area contributed by atoms with Crippen molar-refractivity contribution in [1.29, 1.82) is 0 Å². The van der Waals surface area contributed by atoms with Gasteiger partial charge in [-0.2, -0.15) is 0 Å². The molecular weight excluding hydrogens is 206 g/mol. The third-order valence-corrected chi connectivity index (χ3v) is 2.38. The third-order valence-electron chi connectivity index (χ3n) is 2.38. The molecule has 0 atom stereocenters. The van der Waals surface area contributed by atoms with Gasteiger partial charge in [0.25, 0.3) is 0 Å². The zero-order valence-corrected chi connectivity index (χ0v) is 9.47. The van der Waals surface area contributed by atoms with Gasteiger partial charge in [0.05, 0.1) is 7.11 Å². The van der Waals surface area contributed by atoms with Crippen molar-refractivity contribution in [2.75, 3.05) is 7.11 Å². The number of carbonyl (C=O) groups is 1. The van der Waals surface area contributed by atoms with Crippen molar-refractivity contribution in [3.8, 4) is 0 Å². The van der Waals surface area contributed by atoms with Crippen LogP contribution in [0.25, 0.3) is 5.65 Å². The zero-order chi connectivity index (χ0) is 11.7. The van der Waals surface area contributed by atoms with Crippen LogP contribution in [0.4, 0.5) is 0 Å². The first-order chi connectivity index (χ1) is 7.65. The topological polar surface area (TPSA) is 56.5 Å². The van der Waals surface area contributed by atoms with E-state index in [0.717, 1.165) is 5.82 Å². The average molecular weight is 219 g/mol. The van der Waals surface area contributed by atoms with Gasteiger partial charge in [0.1, 0.15) is 11.4 Å². The molecule has 0 saturated carbocycles. The van der Waals surface area contributed by atoms with Gasteiger partial charge in [-0.25, -0.2) is 4.79 Å². The molecule has 0 aliphatic carbocycles. The highest BCUT2D eigenvalue weighted by molar-refractivity contribution is 5.95. The van der Waals surface area contributed by atoms with Gasteiger partial charge in [0.15, 0.2) is 5.65 Å². The normalized spacial score (nSPS) is 11.0. The van der Waals surface area contributed by atoms with Crippen molar-refractivity contribution in [3.05, 3.63) is 29.7 Å². The largest absolute Gasteiger partial charge is 0.465 e. The molecule has 0 bridgehead atoms. The van der Waals surface area contributed by atoms with E-state index < -0.39 is 5.97 Å². The highest BCUT2D eigenvalue weighted by Crippen LogP contribution is 2.16. The Kier molecular flexibility index (Phi) is 2.60. The molecule has 0 aliphatic rings. The van der Waals surface area contributed by atoms with E-state index in [0.29, 0.717) is 11.2 Å². The number of pyridine rings is 1. The fraction of sp³-hybridized carbons (Fsp3) is 0.364. The van der Waals surface area contributed by atoms with Crippen molar-refractivity contribution in [2.24, 2.45) is 0 Å². The standard InChI is InChI=1S/C11H13N3O2/c1-7(2)9-12-13-10-8(11(15)16-3)5-4-6-14(9)10/h4-7H,1-3H3. The van der Waals surface area contributed by atoms with Gasteiger partial charge in [0, 0.05) is 12.1 Å². The van der Waals surface area contributed by atoms with Gasteiger partial charge in [-0.3, -0.25) is 4.40 Å². The first kappa shape index (κ1) is 10.6. The van der Waals surface area contributed by atoms with Crippen LogP contribution in [0.2, 0.25) is 0 Å². The lowest BCUT2D eigenvalue weighted by molar-refractivity contribution is 0.0602. The number of methoxy groups -OCH3 is 1. The summed E-state index contributed by atoms with van der Waals surface area (Å²) in [6.45, 7) is 4.06. The summed E-state index contributed by atoms with van der Waals surface area (Å²) in [5.41, 5.74) is 0.974. The molecule has 0 saturated heterocycles. The van der Waals surface area contributed by atoms with Crippen LogP contribution in [0.15, 0.2) is 18.3 Å². The lowest BCUT2D eigenvalue weighted by Gasteiger charge is -2.04. The van der Waals surface area contributed by atoms with Gasteiger partial charge in [0.2, 0.25) is 0 Å². The smallest absolute Gasteiger partial charge is 0.341 e. The second-order valence-corrected chi connectivity index (χ2v) is 3.82. The molecule has 2 aromatic rings. The molecule has 16 heavy (non-hydrogen) atoms. The molecule has 0 fully saturated rings. The van der Waals surface area contributed by atoms with Crippen molar-refractivity contribution < 1.29 is 9.53 Å². The average Bonchev–Trinajstić information content (AvgIpc) is 2.71. The van der Waals surface area contributed by atoms with Crippen LogP contribution < -0.4 is 0 Å². The number of fused-ring (bicyclic) bond motifs is 1. The number of hydrogen-bond acceptors (Lipinski definition) is 4. The first-order valence-corrected chi connectivity index (χ1v) is 5.07. The molecule has 0 spiro atoms. The fourth-order valence-electron chi connectivity index (χ4n) is 1.60. The summed E-state index contributed by atoms with van der Waals surface area (Å²) in [5, 5.41) is 8.10. The molecule has 2 aromatic heterocycles. The quantitative estimate of drug-likeness (QED) is 0.720. The van der Waals surface area contributed by atoms with Crippen molar-refractivity contribution in [3.63, 3.8) is 0 Å². The Morgan fingerprint density at radius 3 is 2.81 bits per heavy atom. The fourth-order valence-corrected chi connectivity index (χ4v) is 1.60. The maximum Gasteiger partial charge on any atom is 0.341 e. The number of rotatable bonds is 2. The lowest BCUT2D eigenvalue weighted by Crippen LogP contribution is -2.05. The number of nitrogens with zero attached hydrogens (tertiary/aromatic N) is 3. The highest BCUT2D eigenvalue weighted by Gasteiger charge is 2.16. The van der Waals surface area contributed by atoms with Crippen molar-refractivity contribution in [1.82, 2.24) is 14.6 Å². The van der Waals surface area contributed by atoms with E-state index in [1.165, 1.54) is 7.11 Å². The monoisotopic (exact) mass is 219 g/mol. The Morgan fingerprint density at radius 2 is 2.19 bits per heavy atom. The molecule has 0 unspecified atom stereocenters. The Hall–Kier alpha value is -1.91. The zero-order valence-electron chi connectivity index (χ0n) is 9.47. The summed E-state index contributed by atoms with van der Waals surface area (Å²) in [6.07, 6.45) is 1.84. The van der Waals surface area contributed by atoms with E-state index in [9.17, 15) is 4.79 Å². The highest BCUT2D eigenvalue weighted by atomic mass is 16.5.